The molecule has 0 aliphatic heterocycles. The molecule has 0 aliphatic carbocycles. The summed E-state index contributed by atoms with van der Waals surface area (Å²) in [4.78, 5) is 0. The van der Waals surface area contributed by atoms with Gasteiger partial charge >= 0.3 is 0 Å². The van der Waals surface area contributed by atoms with Crippen molar-refractivity contribution in [3.05, 3.63) is 23.8 Å². The second kappa shape index (κ2) is 9.93. The summed E-state index contributed by atoms with van der Waals surface area (Å²) in [5.74, 6) is 1.60. The fraction of sp³-hybridized carbons (Fsp3) is 0.647. The van der Waals surface area contributed by atoms with E-state index in [-0.39, 0.29) is 5.38 Å². The van der Waals surface area contributed by atoms with Crippen LogP contribution in [-0.2, 0) is 0 Å². The van der Waals surface area contributed by atoms with Gasteiger partial charge in [0.15, 0.2) is 11.5 Å². The molecule has 1 atom stereocenters. The molecule has 0 aliphatic rings. The Bertz CT molecular complexity index is 379. The topological polar surface area (TPSA) is 18.5 Å². The number of hydrogen-bond acceptors (Lipinski definition) is 2. The summed E-state index contributed by atoms with van der Waals surface area (Å²) in [6.45, 7) is 7.44. The molecule has 0 bridgehead atoms. The van der Waals surface area contributed by atoms with Crippen molar-refractivity contribution >= 4 is 11.6 Å². The quantitative estimate of drug-likeness (QED) is 0.405. The van der Waals surface area contributed by atoms with Gasteiger partial charge in [-0.25, -0.2) is 0 Å². The smallest absolute Gasteiger partial charge is 0.161 e. The van der Waals surface area contributed by atoms with Gasteiger partial charge in [0, 0.05) is 0 Å². The summed E-state index contributed by atoms with van der Waals surface area (Å²) in [5.41, 5.74) is 1.12. The molecular formula is C17H27ClO2. The summed E-state index contributed by atoms with van der Waals surface area (Å²) in [7, 11) is 0. The molecule has 1 aromatic carbocycles. The van der Waals surface area contributed by atoms with Crippen LogP contribution >= 0.6 is 11.6 Å². The van der Waals surface area contributed by atoms with Crippen LogP contribution in [0.2, 0.25) is 0 Å². The molecule has 0 spiro atoms. The van der Waals surface area contributed by atoms with Crippen LogP contribution in [0.1, 0.15) is 63.8 Å². The van der Waals surface area contributed by atoms with Crippen molar-refractivity contribution in [2.75, 3.05) is 13.2 Å². The monoisotopic (exact) mass is 298 g/mol. The summed E-state index contributed by atoms with van der Waals surface area (Å²) < 4.78 is 11.2. The van der Waals surface area contributed by atoms with Gasteiger partial charge in [-0.05, 0) is 38.0 Å². The van der Waals surface area contributed by atoms with Gasteiger partial charge in [0.05, 0.1) is 18.6 Å². The molecule has 0 amide bonds. The molecular weight excluding hydrogens is 272 g/mol. The molecule has 0 heterocycles. The van der Waals surface area contributed by atoms with Crippen LogP contribution < -0.4 is 9.47 Å². The lowest BCUT2D eigenvalue weighted by Gasteiger charge is -2.15. The Morgan fingerprint density at radius 2 is 1.65 bits per heavy atom. The Hall–Kier alpha value is -0.890. The predicted molar refractivity (Wildman–Crippen MR) is 86.1 cm³/mol. The van der Waals surface area contributed by atoms with Gasteiger partial charge in [0.25, 0.3) is 0 Å². The molecule has 1 aromatic rings. The third-order valence-electron chi connectivity index (χ3n) is 3.24. The molecule has 0 fully saturated rings. The summed E-state index contributed by atoms with van der Waals surface area (Å²) in [6.07, 6.45) is 6.00. The average molecular weight is 299 g/mol. The first-order valence-corrected chi connectivity index (χ1v) is 8.20. The Balaban J connectivity index is 2.66. The van der Waals surface area contributed by atoms with Gasteiger partial charge in [-0.15, -0.1) is 11.6 Å². The first-order chi connectivity index (χ1) is 9.72. The van der Waals surface area contributed by atoms with Crippen molar-refractivity contribution < 1.29 is 9.47 Å². The van der Waals surface area contributed by atoms with Crippen LogP contribution in [0.3, 0.4) is 0 Å². The van der Waals surface area contributed by atoms with Crippen molar-refractivity contribution in [1.82, 2.24) is 0 Å². The molecule has 3 heteroatoms. The van der Waals surface area contributed by atoms with E-state index in [0.717, 1.165) is 23.5 Å². The fourth-order valence-electron chi connectivity index (χ4n) is 2.18. The minimum absolute atomic E-state index is 0.0572. The Morgan fingerprint density at radius 3 is 2.30 bits per heavy atom. The van der Waals surface area contributed by atoms with E-state index in [1.54, 1.807) is 0 Å². The Kier molecular flexibility index (Phi) is 8.52. The highest BCUT2D eigenvalue weighted by molar-refractivity contribution is 6.20. The second-order valence-electron chi connectivity index (χ2n) is 4.89. The molecule has 1 unspecified atom stereocenters. The highest BCUT2D eigenvalue weighted by atomic mass is 35.5. The van der Waals surface area contributed by atoms with Gasteiger partial charge < -0.3 is 9.47 Å². The lowest BCUT2D eigenvalue weighted by molar-refractivity contribution is 0.287. The number of alkyl halides is 1. The maximum Gasteiger partial charge on any atom is 0.161 e. The van der Waals surface area contributed by atoms with Crippen LogP contribution in [0.5, 0.6) is 11.5 Å². The van der Waals surface area contributed by atoms with E-state index >= 15 is 0 Å². The van der Waals surface area contributed by atoms with Gasteiger partial charge in [0.2, 0.25) is 0 Å². The molecule has 20 heavy (non-hydrogen) atoms. The standard InChI is InChI=1S/C17H27ClO2/c1-4-7-8-9-10-15(18)14-11-12-16(19-5-2)17(13-14)20-6-3/h11-13,15H,4-10H2,1-3H3. The van der Waals surface area contributed by atoms with Crippen molar-refractivity contribution in [2.45, 2.75) is 58.3 Å². The van der Waals surface area contributed by atoms with Gasteiger partial charge in [-0.3, -0.25) is 0 Å². The van der Waals surface area contributed by atoms with E-state index in [2.05, 4.69) is 6.92 Å². The Labute approximate surface area is 128 Å². The molecule has 114 valence electrons. The lowest BCUT2D eigenvalue weighted by Crippen LogP contribution is -2.00. The molecule has 0 saturated heterocycles. The number of halogens is 1. The molecule has 0 N–H and O–H groups in total. The van der Waals surface area contributed by atoms with Crippen molar-refractivity contribution in [3.8, 4) is 11.5 Å². The molecule has 0 radical (unpaired) electrons. The summed E-state index contributed by atoms with van der Waals surface area (Å²) in [5, 5.41) is 0.0572. The van der Waals surface area contributed by atoms with Crippen LogP contribution in [0, 0.1) is 0 Å². The van der Waals surface area contributed by atoms with Crippen molar-refractivity contribution in [2.24, 2.45) is 0 Å². The SMILES string of the molecule is CCCCCCC(Cl)c1ccc(OCC)c(OCC)c1. The average Bonchev–Trinajstić information content (AvgIpc) is 2.45. The van der Waals surface area contributed by atoms with E-state index in [4.69, 9.17) is 21.1 Å². The first-order valence-electron chi connectivity index (χ1n) is 7.76. The van der Waals surface area contributed by atoms with E-state index in [1.807, 2.05) is 32.0 Å². The maximum atomic E-state index is 6.49. The third-order valence-corrected chi connectivity index (χ3v) is 3.71. The van der Waals surface area contributed by atoms with Gasteiger partial charge in [-0.2, -0.15) is 0 Å². The number of rotatable bonds is 10. The predicted octanol–water partition coefficient (Wildman–Crippen LogP) is 5.73. The van der Waals surface area contributed by atoms with Gasteiger partial charge in [-0.1, -0.05) is 38.7 Å². The highest BCUT2D eigenvalue weighted by Gasteiger charge is 2.12. The van der Waals surface area contributed by atoms with Crippen LogP contribution in [0.4, 0.5) is 0 Å². The van der Waals surface area contributed by atoms with Crippen LogP contribution in [-0.4, -0.2) is 13.2 Å². The third kappa shape index (κ3) is 5.62. The van der Waals surface area contributed by atoms with Crippen LogP contribution in [0.25, 0.3) is 0 Å². The largest absolute Gasteiger partial charge is 0.490 e. The minimum Gasteiger partial charge on any atom is -0.490 e. The number of benzene rings is 1. The zero-order valence-corrected chi connectivity index (χ0v) is 13.7. The van der Waals surface area contributed by atoms with Crippen molar-refractivity contribution in [1.29, 1.82) is 0 Å². The normalized spacial score (nSPS) is 12.2. The summed E-state index contributed by atoms with van der Waals surface area (Å²) in [6, 6.07) is 6.03. The van der Waals surface area contributed by atoms with E-state index < -0.39 is 0 Å². The van der Waals surface area contributed by atoms with Gasteiger partial charge in [0.1, 0.15) is 0 Å². The number of ether oxygens (including phenoxy) is 2. The fourth-order valence-corrected chi connectivity index (χ4v) is 2.47. The summed E-state index contributed by atoms with van der Waals surface area (Å²) >= 11 is 6.49. The van der Waals surface area contributed by atoms with Crippen molar-refractivity contribution in [3.63, 3.8) is 0 Å². The van der Waals surface area contributed by atoms with E-state index in [0.29, 0.717) is 13.2 Å². The maximum absolute atomic E-state index is 6.49. The zero-order valence-electron chi connectivity index (χ0n) is 13.0. The second-order valence-corrected chi connectivity index (χ2v) is 5.42. The van der Waals surface area contributed by atoms with E-state index in [9.17, 15) is 0 Å². The molecule has 1 rings (SSSR count). The number of hydrogen-bond donors (Lipinski definition) is 0. The highest BCUT2D eigenvalue weighted by Crippen LogP contribution is 2.34. The molecule has 2 nitrogen and oxygen atoms in total. The molecule has 0 aromatic heterocycles. The minimum atomic E-state index is 0.0572. The molecule has 0 saturated carbocycles. The van der Waals surface area contributed by atoms with Crippen LogP contribution in [0.15, 0.2) is 18.2 Å². The lowest BCUT2D eigenvalue weighted by atomic mass is 10.0. The zero-order chi connectivity index (χ0) is 14.8. The number of unbranched alkanes of at least 4 members (excludes halogenated alkanes) is 3. The Morgan fingerprint density at radius 1 is 0.950 bits per heavy atom. The van der Waals surface area contributed by atoms with E-state index in [1.165, 1.54) is 25.7 Å². The first kappa shape index (κ1) is 17.2.